The van der Waals surface area contributed by atoms with Crippen LogP contribution in [0.25, 0.3) is 0 Å². The topological polar surface area (TPSA) is 57.6 Å². The van der Waals surface area contributed by atoms with Gasteiger partial charge in [0.2, 0.25) is 5.91 Å². The highest BCUT2D eigenvalue weighted by atomic mass is 19.1. The standard InChI is InChI=1S/C22H24FNO3/c1-15(10-11-16-6-5-9-18(23)12-16)21(25)24-13-19(20(14-24)22(26)27)17-7-3-2-4-8-17/h2-9,12,15,19-20H,10-11,13-14H2,1H3,(H,26,27). The third-order valence-electron chi connectivity index (χ3n) is 5.35. The van der Waals surface area contributed by atoms with Crippen molar-refractivity contribution < 1.29 is 19.1 Å². The van der Waals surface area contributed by atoms with E-state index in [0.29, 0.717) is 19.4 Å². The molecule has 142 valence electrons. The maximum atomic E-state index is 13.3. The molecule has 1 amide bonds. The van der Waals surface area contributed by atoms with Crippen molar-refractivity contribution in [2.75, 3.05) is 13.1 Å². The Bertz CT molecular complexity index is 808. The summed E-state index contributed by atoms with van der Waals surface area (Å²) in [4.78, 5) is 26.2. The number of rotatable bonds is 6. The van der Waals surface area contributed by atoms with Crippen LogP contribution in [0.15, 0.2) is 54.6 Å². The summed E-state index contributed by atoms with van der Waals surface area (Å²) in [7, 11) is 0. The molecule has 3 atom stereocenters. The number of amides is 1. The quantitative estimate of drug-likeness (QED) is 0.844. The lowest BCUT2D eigenvalue weighted by Crippen LogP contribution is -2.34. The molecule has 1 aliphatic rings. The molecule has 0 aromatic heterocycles. The van der Waals surface area contributed by atoms with E-state index in [0.717, 1.165) is 11.1 Å². The summed E-state index contributed by atoms with van der Waals surface area (Å²) in [6.07, 6.45) is 1.22. The average Bonchev–Trinajstić information content (AvgIpc) is 3.12. The zero-order valence-electron chi connectivity index (χ0n) is 15.3. The number of carboxylic acids is 1. The molecule has 0 radical (unpaired) electrons. The fourth-order valence-corrected chi connectivity index (χ4v) is 3.78. The van der Waals surface area contributed by atoms with E-state index < -0.39 is 11.9 Å². The summed E-state index contributed by atoms with van der Waals surface area (Å²) in [5.74, 6) is -2.20. The molecule has 3 rings (SSSR count). The second-order valence-electron chi connectivity index (χ2n) is 7.27. The molecule has 1 aliphatic heterocycles. The van der Waals surface area contributed by atoms with Crippen LogP contribution < -0.4 is 0 Å². The highest BCUT2D eigenvalue weighted by Gasteiger charge is 2.41. The van der Waals surface area contributed by atoms with E-state index >= 15 is 0 Å². The summed E-state index contributed by atoms with van der Waals surface area (Å²) < 4.78 is 13.3. The minimum atomic E-state index is -0.869. The number of nitrogens with zero attached hydrogens (tertiary/aromatic N) is 1. The van der Waals surface area contributed by atoms with Crippen LogP contribution in [0.1, 0.15) is 30.4 Å². The Labute approximate surface area is 158 Å². The smallest absolute Gasteiger partial charge is 0.308 e. The molecule has 4 nitrogen and oxygen atoms in total. The molecule has 0 aliphatic carbocycles. The lowest BCUT2D eigenvalue weighted by atomic mass is 9.89. The Kier molecular flexibility index (Phi) is 5.89. The summed E-state index contributed by atoms with van der Waals surface area (Å²) in [6.45, 7) is 2.51. The number of hydrogen-bond acceptors (Lipinski definition) is 2. The van der Waals surface area contributed by atoms with Gasteiger partial charge in [-0.25, -0.2) is 4.39 Å². The van der Waals surface area contributed by atoms with Gasteiger partial charge in [-0.3, -0.25) is 9.59 Å². The van der Waals surface area contributed by atoms with Crippen LogP contribution in [0.5, 0.6) is 0 Å². The summed E-state index contributed by atoms with van der Waals surface area (Å²) in [5.41, 5.74) is 1.81. The van der Waals surface area contributed by atoms with Gasteiger partial charge >= 0.3 is 5.97 Å². The van der Waals surface area contributed by atoms with Crippen molar-refractivity contribution >= 4 is 11.9 Å². The Morgan fingerprint density at radius 2 is 1.89 bits per heavy atom. The van der Waals surface area contributed by atoms with Crippen LogP contribution in [0.3, 0.4) is 0 Å². The summed E-state index contributed by atoms with van der Waals surface area (Å²) in [6, 6.07) is 15.9. The van der Waals surface area contributed by atoms with E-state index in [1.165, 1.54) is 12.1 Å². The highest BCUT2D eigenvalue weighted by molar-refractivity contribution is 5.81. The first-order valence-electron chi connectivity index (χ1n) is 9.26. The predicted octanol–water partition coefficient (Wildman–Crippen LogP) is 3.72. The molecule has 1 saturated heterocycles. The van der Waals surface area contributed by atoms with Gasteiger partial charge in [0.1, 0.15) is 5.82 Å². The zero-order valence-corrected chi connectivity index (χ0v) is 15.3. The van der Waals surface area contributed by atoms with Gasteiger partial charge in [0, 0.05) is 24.9 Å². The van der Waals surface area contributed by atoms with E-state index in [2.05, 4.69) is 0 Å². The molecule has 3 unspecified atom stereocenters. The minimum absolute atomic E-state index is 0.0314. The van der Waals surface area contributed by atoms with E-state index in [-0.39, 0.29) is 30.1 Å². The molecule has 1 N–H and O–H groups in total. The Balaban J connectivity index is 1.64. The zero-order chi connectivity index (χ0) is 19.4. The second-order valence-corrected chi connectivity index (χ2v) is 7.27. The monoisotopic (exact) mass is 369 g/mol. The molecule has 5 heteroatoms. The Morgan fingerprint density at radius 3 is 2.56 bits per heavy atom. The minimum Gasteiger partial charge on any atom is -0.481 e. The van der Waals surface area contributed by atoms with Gasteiger partial charge in [-0.15, -0.1) is 0 Å². The highest BCUT2D eigenvalue weighted by Crippen LogP contribution is 2.34. The van der Waals surface area contributed by atoms with Crippen LogP contribution in [0.2, 0.25) is 0 Å². The molecule has 1 heterocycles. The molecule has 0 bridgehead atoms. The van der Waals surface area contributed by atoms with Gasteiger partial charge in [0.05, 0.1) is 5.92 Å². The molecular weight excluding hydrogens is 345 g/mol. The number of aliphatic carboxylic acids is 1. The van der Waals surface area contributed by atoms with Gasteiger partial charge in [0.25, 0.3) is 0 Å². The molecule has 2 aromatic carbocycles. The van der Waals surface area contributed by atoms with Gasteiger partial charge < -0.3 is 10.0 Å². The number of carboxylic acid groups (broad SMARTS) is 1. The van der Waals surface area contributed by atoms with Crippen LogP contribution in [-0.4, -0.2) is 35.0 Å². The molecular formula is C22H24FNO3. The van der Waals surface area contributed by atoms with Crippen LogP contribution in [0, 0.1) is 17.7 Å². The third kappa shape index (κ3) is 4.54. The van der Waals surface area contributed by atoms with Crippen molar-refractivity contribution in [2.45, 2.75) is 25.7 Å². The van der Waals surface area contributed by atoms with Crippen molar-refractivity contribution in [3.8, 4) is 0 Å². The van der Waals surface area contributed by atoms with Gasteiger partial charge in [-0.1, -0.05) is 49.4 Å². The number of benzene rings is 2. The lowest BCUT2D eigenvalue weighted by Gasteiger charge is -2.21. The van der Waals surface area contributed by atoms with Crippen molar-refractivity contribution in [1.29, 1.82) is 0 Å². The number of hydrogen-bond donors (Lipinski definition) is 1. The fraction of sp³-hybridized carbons (Fsp3) is 0.364. The average molecular weight is 369 g/mol. The number of aryl methyl sites for hydroxylation is 1. The molecule has 0 saturated carbocycles. The maximum absolute atomic E-state index is 13.3. The SMILES string of the molecule is CC(CCc1cccc(F)c1)C(=O)N1CC(C(=O)O)C(c2ccccc2)C1. The Morgan fingerprint density at radius 1 is 1.15 bits per heavy atom. The first-order valence-corrected chi connectivity index (χ1v) is 9.26. The summed E-state index contributed by atoms with van der Waals surface area (Å²) in [5, 5.41) is 9.59. The lowest BCUT2D eigenvalue weighted by molar-refractivity contribution is -0.142. The van der Waals surface area contributed by atoms with E-state index in [1.54, 1.807) is 11.0 Å². The molecule has 0 spiro atoms. The molecule has 1 fully saturated rings. The fourth-order valence-electron chi connectivity index (χ4n) is 3.78. The predicted molar refractivity (Wildman–Crippen MR) is 101 cm³/mol. The number of likely N-dealkylation sites (tertiary alicyclic amines) is 1. The number of halogens is 1. The van der Waals surface area contributed by atoms with E-state index in [9.17, 15) is 19.1 Å². The van der Waals surface area contributed by atoms with Crippen molar-refractivity contribution in [1.82, 2.24) is 4.90 Å². The first kappa shape index (κ1) is 19.1. The number of carbonyl (C=O) groups is 2. The first-order chi connectivity index (χ1) is 13.0. The van der Waals surface area contributed by atoms with Crippen LogP contribution in [0.4, 0.5) is 4.39 Å². The van der Waals surface area contributed by atoms with Gasteiger partial charge in [0.15, 0.2) is 0 Å². The third-order valence-corrected chi connectivity index (χ3v) is 5.35. The van der Waals surface area contributed by atoms with Crippen molar-refractivity contribution in [3.05, 3.63) is 71.5 Å². The number of carbonyl (C=O) groups excluding carboxylic acids is 1. The summed E-state index contributed by atoms with van der Waals surface area (Å²) >= 11 is 0. The van der Waals surface area contributed by atoms with Crippen molar-refractivity contribution in [2.24, 2.45) is 11.8 Å². The van der Waals surface area contributed by atoms with Crippen LogP contribution in [-0.2, 0) is 16.0 Å². The van der Waals surface area contributed by atoms with E-state index in [4.69, 9.17) is 0 Å². The maximum Gasteiger partial charge on any atom is 0.308 e. The molecule has 27 heavy (non-hydrogen) atoms. The molecule has 2 aromatic rings. The van der Waals surface area contributed by atoms with Gasteiger partial charge in [-0.2, -0.15) is 0 Å². The second kappa shape index (κ2) is 8.33. The van der Waals surface area contributed by atoms with Crippen molar-refractivity contribution in [3.63, 3.8) is 0 Å². The largest absolute Gasteiger partial charge is 0.481 e. The normalized spacial score (nSPS) is 20.4. The van der Waals surface area contributed by atoms with E-state index in [1.807, 2.05) is 43.3 Å². The van der Waals surface area contributed by atoms with Crippen LogP contribution >= 0.6 is 0 Å². The Hall–Kier alpha value is -2.69. The van der Waals surface area contributed by atoms with Gasteiger partial charge in [-0.05, 0) is 36.1 Å².